The van der Waals surface area contributed by atoms with Crippen molar-refractivity contribution in [3.05, 3.63) is 4.91 Å². The van der Waals surface area contributed by atoms with Crippen LogP contribution in [-0.2, 0) is 0 Å². The molecule has 0 fully saturated rings. The highest BCUT2D eigenvalue weighted by atomic mass is 16.3. The topological polar surface area (TPSA) is 29.4 Å². The van der Waals surface area contributed by atoms with Gasteiger partial charge in [0.05, 0.1) is 6.54 Å². The van der Waals surface area contributed by atoms with Crippen LogP contribution in [0.3, 0.4) is 0 Å². The van der Waals surface area contributed by atoms with E-state index >= 15 is 0 Å². The summed E-state index contributed by atoms with van der Waals surface area (Å²) in [5.41, 5.74) is -0.359. The molecule has 8 heavy (non-hydrogen) atoms. The van der Waals surface area contributed by atoms with Crippen molar-refractivity contribution in [3.63, 3.8) is 0 Å². The maximum absolute atomic E-state index is 9.63. The SMILES string of the molecule is C#CC(C)(C)CN=O. The van der Waals surface area contributed by atoms with Gasteiger partial charge in [-0.2, -0.15) is 4.91 Å². The van der Waals surface area contributed by atoms with Crippen LogP contribution >= 0.6 is 0 Å². The predicted octanol–water partition coefficient (Wildman–Crippen LogP) is 1.41. The molecule has 0 heterocycles. The Kier molecular flexibility index (Phi) is 2.20. The average Bonchev–Trinajstić information content (AvgIpc) is 1.67. The molecule has 0 saturated carbocycles. The normalized spacial score (nSPS) is 10.1. The highest BCUT2D eigenvalue weighted by Crippen LogP contribution is 2.11. The van der Waals surface area contributed by atoms with E-state index in [9.17, 15) is 4.91 Å². The zero-order valence-corrected chi connectivity index (χ0v) is 5.14. The van der Waals surface area contributed by atoms with Crippen molar-refractivity contribution in [2.45, 2.75) is 13.8 Å². The number of terminal acetylenes is 1. The van der Waals surface area contributed by atoms with Gasteiger partial charge in [-0.25, -0.2) is 0 Å². The van der Waals surface area contributed by atoms with E-state index in [0.29, 0.717) is 0 Å². The van der Waals surface area contributed by atoms with Gasteiger partial charge in [-0.05, 0) is 13.8 Å². The molecule has 0 radical (unpaired) electrons. The number of nitroso groups, excluding NO2 is 1. The number of rotatable bonds is 2. The minimum absolute atomic E-state index is 0.198. The van der Waals surface area contributed by atoms with Gasteiger partial charge < -0.3 is 0 Å². The summed E-state index contributed by atoms with van der Waals surface area (Å²) in [5, 5.41) is 2.69. The van der Waals surface area contributed by atoms with E-state index in [0.717, 1.165) is 0 Å². The molecule has 2 heteroatoms. The Morgan fingerprint density at radius 1 is 1.75 bits per heavy atom. The zero-order chi connectivity index (χ0) is 6.62. The molecule has 0 unspecified atom stereocenters. The predicted molar refractivity (Wildman–Crippen MR) is 33.3 cm³/mol. The Bertz CT molecular complexity index is 121. The second-order valence-electron chi connectivity index (χ2n) is 2.32. The molecule has 0 saturated heterocycles. The van der Waals surface area contributed by atoms with E-state index in [1.807, 2.05) is 0 Å². The fraction of sp³-hybridized carbons (Fsp3) is 0.667. The maximum Gasteiger partial charge on any atom is 0.0971 e. The summed E-state index contributed by atoms with van der Waals surface area (Å²) in [6, 6.07) is 0. The van der Waals surface area contributed by atoms with Gasteiger partial charge in [0.25, 0.3) is 0 Å². The summed E-state index contributed by atoms with van der Waals surface area (Å²) in [7, 11) is 0. The van der Waals surface area contributed by atoms with Crippen molar-refractivity contribution in [3.8, 4) is 12.3 Å². The minimum Gasteiger partial charge on any atom is -0.151 e. The molecule has 0 aliphatic carbocycles. The first-order valence-corrected chi connectivity index (χ1v) is 2.39. The van der Waals surface area contributed by atoms with Gasteiger partial charge in [-0.15, -0.1) is 6.42 Å². The molecule has 2 nitrogen and oxygen atoms in total. The smallest absolute Gasteiger partial charge is 0.0971 e. The van der Waals surface area contributed by atoms with Gasteiger partial charge in [-0.3, -0.25) is 0 Å². The third-order valence-corrected chi connectivity index (χ3v) is 0.851. The van der Waals surface area contributed by atoms with Crippen molar-refractivity contribution in [2.24, 2.45) is 10.6 Å². The van der Waals surface area contributed by atoms with Crippen LogP contribution in [0, 0.1) is 22.7 Å². The molecule has 0 aliphatic rings. The second-order valence-corrected chi connectivity index (χ2v) is 2.32. The fourth-order valence-electron chi connectivity index (χ4n) is 0.207. The molecule has 0 bridgehead atoms. The summed E-state index contributed by atoms with van der Waals surface area (Å²) in [6.07, 6.45) is 5.04. The molecule has 0 spiro atoms. The van der Waals surface area contributed by atoms with Crippen LogP contribution < -0.4 is 0 Å². The summed E-state index contributed by atoms with van der Waals surface area (Å²) < 4.78 is 0. The maximum atomic E-state index is 9.63. The van der Waals surface area contributed by atoms with E-state index in [4.69, 9.17) is 6.42 Å². The Hall–Kier alpha value is -0.840. The Labute approximate surface area is 49.3 Å². The molecule has 0 aromatic carbocycles. The van der Waals surface area contributed by atoms with Crippen LogP contribution in [0.25, 0.3) is 0 Å². The molecule has 0 amide bonds. The lowest BCUT2D eigenvalue weighted by Crippen LogP contribution is -2.11. The first kappa shape index (κ1) is 7.16. The Balaban J connectivity index is 3.76. The summed E-state index contributed by atoms with van der Waals surface area (Å²) in [4.78, 5) is 9.63. The molecule has 0 rings (SSSR count). The van der Waals surface area contributed by atoms with Gasteiger partial charge in [-0.1, -0.05) is 11.1 Å². The van der Waals surface area contributed by atoms with Crippen LogP contribution in [0.4, 0.5) is 0 Å². The van der Waals surface area contributed by atoms with Crippen molar-refractivity contribution < 1.29 is 0 Å². The molecule has 0 atom stereocenters. The summed E-state index contributed by atoms with van der Waals surface area (Å²) >= 11 is 0. The third-order valence-electron chi connectivity index (χ3n) is 0.851. The highest BCUT2D eigenvalue weighted by Gasteiger charge is 2.12. The second kappa shape index (κ2) is 2.46. The number of hydrogen-bond acceptors (Lipinski definition) is 2. The molecule has 0 aromatic heterocycles. The standard InChI is InChI=1S/C6H9NO/c1-4-6(2,3)5-7-8/h1H,5H2,2-3H3. The zero-order valence-electron chi connectivity index (χ0n) is 5.14. The lowest BCUT2D eigenvalue weighted by Gasteiger charge is -2.09. The Morgan fingerprint density at radius 3 is 2.38 bits per heavy atom. The first-order valence-electron chi connectivity index (χ1n) is 2.39. The lowest BCUT2D eigenvalue weighted by atomic mass is 9.96. The lowest BCUT2D eigenvalue weighted by molar-refractivity contribution is 0.519. The first-order chi connectivity index (χ1) is 3.62. The third kappa shape index (κ3) is 2.35. The van der Waals surface area contributed by atoms with E-state index < -0.39 is 0 Å². The largest absolute Gasteiger partial charge is 0.151 e. The van der Waals surface area contributed by atoms with Gasteiger partial charge in [0.1, 0.15) is 0 Å². The monoisotopic (exact) mass is 111 g/mol. The van der Waals surface area contributed by atoms with Crippen LogP contribution in [0.5, 0.6) is 0 Å². The van der Waals surface area contributed by atoms with Crippen molar-refractivity contribution in [2.75, 3.05) is 6.54 Å². The molecule has 0 aliphatic heterocycles. The molecule has 0 aromatic rings. The van der Waals surface area contributed by atoms with E-state index in [1.165, 1.54) is 0 Å². The summed E-state index contributed by atoms with van der Waals surface area (Å²) in [6.45, 7) is 3.80. The van der Waals surface area contributed by atoms with Crippen LogP contribution in [0.2, 0.25) is 0 Å². The van der Waals surface area contributed by atoms with Crippen LogP contribution in [-0.4, -0.2) is 6.54 Å². The fourth-order valence-corrected chi connectivity index (χ4v) is 0.207. The number of hydrogen-bond donors (Lipinski definition) is 0. The van der Waals surface area contributed by atoms with E-state index in [1.54, 1.807) is 13.8 Å². The quantitative estimate of drug-likeness (QED) is 0.391. The average molecular weight is 111 g/mol. The van der Waals surface area contributed by atoms with Crippen molar-refractivity contribution in [1.29, 1.82) is 0 Å². The van der Waals surface area contributed by atoms with Gasteiger partial charge in [0, 0.05) is 5.41 Å². The molecular formula is C6H9NO. The molecule has 44 valence electrons. The molecule has 0 N–H and O–H groups in total. The van der Waals surface area contributed by atoms with Crippen molar-refractivity contribution >= 4 is 0 Å². The van der Waals surface area contributed by atoms with E-state index in [-0.39, 0.29) is 12.0 Å². The summed E-state index contributed by atoms with van der Waals surface area (Å²) in [5.74, 6) is 2.45. The molecular weight excluding hydrogens is 102 g/mol. The highest BCUT2D eigenvalue weighted by molar-refractivity contribution is 5.01. The van der Waals surface area contributed by atoms with Gasteiger partial charge >= 0.3 is 0 Å². The number of nitrogens with zero attached hydrogens (tertiary/aromatic N) is 1. The van der Waals surface area contributed by atoms with Crippen LogP contribution in [0.15, 0.2) is 5.18 Å². The van der Waals surface area contributed by atoms with Crippen LogP contribution in [0.1, 0.15) is 13.8 Å². The Morgan fingerprint density at radius 2 is 2.25 bits per heavy atom. The van der Waals surface area contributed by atoms with Crippen molar-refractivity contribution in [1.82, 2.24) is 0 Å². The van der Waals surface area contributed by atoms with Gasteiger partial charge in [0.15, 0.2) is 0 Å². The van der Waals surface area contributed by atoms with E-state index in [2.05, 4.69) is 11.1 Å². The van der Waals surface area contributed by atoms with Gasteiger partial charge in [0.2, 0.25) is 0 Å². The minimum atomic E-state index is -0.359.